The lowest BCUT2D eigenvalue weighted by atomic mass is 9.83. The summed E-state index contributed by atoms with van der Waals surface area (Å²) in [5.41, 5.74) is 2.05. The molecule has 0 spiro atoms. The van der Waals surface area contributed by atoms with E-state index in [1.807, 2.05) is 61.3 Å². The number of ether oxygens (including phenoxy) is 1. The predicted molar refractivity (Wildman–Crippen MR) is 119 cm³/mol. The van der Waals surface area contributed by atoms with Gasteiger partial charge in [0.1, 0.15) is 0 Å². The van der Waals surface area contributed by atoms with Crippen LogP contribution in [0.15, 0.2) is 48.8 Å². The van der Waals surface area contributed by atoms with E-state index >= 15 is 0 Å². The lowest BCUT2D eigenvalue weighted by Gasteiger charge is -2.43. The average Bonchev–Trinajstić information content (AvgIpc) is 2.73. The molecule has 6 nitrogen and oxygen atoms in total. The highest BCUT2D eigenvalue weighted by Crippen LogP contribution is 2.31. The van der Waals surface area contributed by atoms with Crippen molar-refractivity contribution < 1.29 is 14.3 Å². The molecule has 0 bridgehead atoms. The van der Waals surface area contributed by atoms with E-state index in [0.717, 1.165) is 36.0 Å². The van der Waals surface area contributed by atoms with Gasteiger partial charge in [0.15, 0.2) is 5.60 Å². The minimum absolute atomic E-state index is 0.00126. The van der Waals surface area contributed by atoms with Gasteiger partial charge in [-0.05, 0) is 49.4 Å². The van der Waals surface area contributed by atoms with Gasteiger partial charge in [0.25, 0.3) is 5.91 Å². The van der Waals surface area contributed by atoms with Crippen LogP contribution in [0.2, 0.25) is 0 Å². The molecule has 31 heavy (non-hydrogen) atoms. The maximum atomic E-state index is 13.3. The maximum Gasteiger partial charge on any atom is 0.254 e. The van der Waals surface area contributed by atoms with Gasteiger partial charge in [-0.1, -0.05) is 36.8 Å². The van der Waals surface area contributed by atoms with Crippen LogP contribution in [-0.4, -0.2) is 53.0 Å². The quantitative estimate of drug-likeness (QED) is 0.778. The van der Waals surface area contributed by atoms with E-state index in [1.165, 1.54) is 0 Å². The van der Waals surface area contributed by atoms with E-state index in [0.29, 0.717) is 26.1 Å². The summed E-state index contributed by atoms with van der Waals surface area (Å²) in [5, 5.41) is 3.02. The third-order valence-electron chi connectivity index (χ3n) is 6.22. The Morgan fingerprint density at radius 2 is 1.97 bits per heavy atom. The molecule has 2 aliphatic rings. The first-order valence-electron chi connectivity index (χ1n) is 11.2. The molecular weight excluding hydrogens is 390 g/mol. The van der Waals surface area contributed by atoms with Gasteiger partial charge in [-0.25, -0.2) is 0 Å². The molecule has 1 aromatic heterocycles. The molecule has 2 heterocycles. The number of nitrogens with one attached hydrogen (secondary N) is 1. The molecule has 164 valence electrons. The minimum Gasteiger partial charge on any atom is -0.361 e. The lowest BCUT2D eigenvalue weighted by molar-refractivity contribution is -0.169. The molecule has 1 atom stereocenters. The fourth-order valence-electron chi connectivity index (χ4n) is 4.28. The van der Waals surface area contributed by atoms with E-state index in [9.17, 15) is 9.59 Å². The third-order valence-corrected chi connectivity index (χ3v) is 6.22. The monoisotopic (exact) mass is 421 g/mol. The van der Waals surface area contributed by atoms with Crippen LogP contribution in [0.25, 0.3) is 11.1 Å². The summed E-state index contributed by atoms with van der Waals surface area (Å²) < 4.78 is 6.14. The topological polar surface area (TPSA) is 71.5 Å². The summed E-state index contributed by atoms with van der Waals surface area (Å²) in [5.74, 6) is 0.135. The number of rotatable bonds is 6. The zero-order valence-electron chi connectivity index (χ0n) is 18.3. The fourth-order valence-corrected chi connectivity index (χ4v) is 4.28. The van der Waals surface area contributed by atoms with Crippen molar-refractivity contribution in [3.63, 3.8) is 0 Å². The Hall–Kier alpha value is -2.73. The number of hydrogen-bond donors (Lipinski definition) is 1. The first-order valence-corrected chi connectivity index (χ1v) is 11.2. The van der Waals surface area contributed by atoms with Crippen molar-refractivity contribution in [3.05, 3.63) is 54.4 Å². The number of nitrogens with zero attached hydrogens (tertiary/aromatic N) is 2. The van der Waals surface area contributed by atoms with Crippen LogP contribution < -0.4 is 5.32 Å². The second-order valence-electron chi connectivity index (χ2n) is 8.97. The minimum atomic E-state index is -1.07. The van der Waals surface area contributed by atoms with Crippen LogP contribution in [0.5, 0.6) is 0 Å². The molecule has 4 rings (SSSR count). The lowest BCUT2D eigenvalue weighted by Crippen LogP contribution is -2.63. The number of amides is 2. The Morgan fingerprint density at radius 3 is 2.58 bits per heavy atom. The first-order chi connectivity index (χ1) is 15.0. The average molecular weight is 422 g/mol. The van der Waals surface area contributed by atoms with Gasteiger partial charge in [-0.15, -0.1) is 0 Å². The third kappa shape index (κ3) is 4.79. The van der Waals surface area contributed by atoms with Crippen LogP contribution in [0.1, 0.15) is 38.7 Å². The van der Waals surface area contributed by atoms with Crippen LogP contribution in [0, 0.1) is 5.92 Å². The standard InChI is InChI=1S/C25H31N3O3/c1-18(2)27-24(30)25(17-28(13-14-31-25)23(29)21-5-3-6-21)15-19-8-10-20(11-9-19)22-7-4-12-26-16-22/h4,7-12,16,18,21H,3,5-6,13-15,17H2,1-2H3,(H,27,30)/t25-/m0/s1. The van der Waals surface area contributed by atoms with Crippen molar-refractivity contribution in [3.8, 4) is 11.1 Å². The van der Waals surface area contributed by atoms with Gasteiger partial charge in [-0.2, -0.15) is 0 Å². The number of pyridine rings is 1. The zero-order valence-corrected chi connectivity index (χ0v) is 18.3. The molecule has 2 amide bonds. The Labute approximate surface area is 184 Å². The van der Waals surface area contributed by atoms with Gasteiger partial charge >= 0.3 is 0 Å². The van der Waals surface area contributed by atoms with Crippen LogP contribution in [-0.2, 0) is 20.7 Å². The van der Waals surface area contributed by atoms with E-state index in [2.05, 4.69) is 10.3 Å². The smallest absolute Gasteiger partial charge is 0.254 e. The van der Waals surface area contributed by atoms with Gasteiger partial charge in [0.05, 0.1) is 13.2 Å². The molecular formula is C25H31N3O3. The van der Waals surface area contributed by atoms with Crippen LogP contribution >= 0.6 is 0 Å². The molecule has 1 N–H and O–H groups in total. The molecule has 1 saturated heterocycles. The van der Waals surface area contributed by atoms with Gasteiger partial charge in [0, 0.05) is 37.3 Å². The highest BCUT2D eigenvalue weighted by Gasteiger charge is 2.46. The predicted octanol–water partition coefficient (Wildman–Crippen LogP) is 3.21. The number of carbonyl (C=O) groups excluding carboxylic acids is 2. The van der Waals surface area contributed by atoms with Gasteiger partial charge in [-0.3, -0.25) is 14.6 Å². The Bertz CT molecular complexity index is 909. The largest absolute Gasteiger partial charge is 0.361 e. The highest BCUT2D eigenvalue weighted by atomic mass is 16.5. The van der Waals surface area contributed by atoms with Gasteiger partial charge in [0.2, 0.25) is 5.91 Å². The molecule has 2 aromatic rings. The fraction of sp³-hybridized carbons (Fsp3) is 0.480. The van der Waals surface area contributed by atoms with E-state index in [-0.39, 0.29) is 23.8 Å². The number of aromatic nitrogens is 1. The molecule has 1 saturated carbocycles. The number of hydrogen-bond acceptors (Lipinski definition) is 4. The van der Waals surface area contributed by atoms with Crippen molar-refractivity contribution in [2.45, 2.75) is 51.2 Å². The summed E-state index contributed by atoms with van der Waals surface area (Å²) in [7, 11) is 0. The summed E-state index contributed by atoms with van der Waals surface area (Å²) >= 11 is 0. The molecule has 0 unspecified atom stereocenters. The second-order valence-corrected chi connectivity index (χ2v) is 8.97. The molecule has 1 aromatic carbocycles. The van der Waals surface area contributed by atoms with E-state index in [1.54, 1.807) is 6.20 Å². The Balaban J connectivity index is 1.56. The van der Waals surface area contributed by atoms with Crippen LogP contribution in [0.4, 0.5) is 0 Å². The summed E-state index contributed by atoms with van der Waals surface area (Å²) in [6, 6.07) is 12.1. The maximum absolute atomic E-state index is 13.3. The Kier molecular flexibility index (Phi) is 6.37. The Morgan fingerprint density at radius 1 is 1.19 bits per heavy atom. The highest BCUT2D eigenvalue weighted by molar-refractivity contribution is 5.88. The van der Waals surface area contributed by atoms with Gasteiger partial charge < -0.3 is 15.0 Å². The summed E-state index contributed by atoms with van der Waals surface area (Å²) in [6.07, 6.45) is 7.04. The number of carbonyl (C=O) groups is 2. The van der Waals surface area contributed by atoms with Crippen molar-refractivity contribution in [2.24, 2.45) is 5.92 Å². The van der Waals surface area contributed by atoms with E-state index < -0.39 is 5.60 Å². The second kappa shape index (κ2) is 9.18. The SMILES string of the molecule is CC(C)NC(=O)[C@]1(Cc2ccc(-c3cccnc3)cc2)CN(C(=O)C2CCC2)CCO1. The molecule has 0 radical (unpaired) electrons. The summed E-state index contributed by atoms with van der Waals surface area (Å²) in [4.78, 5) is 32.2. The van der Waals surface area contributed by atoms with Crippen molar-refractivity contribution in [1.29, 1.82) is 0 Å². The van der Waals surface area contributed by atoms with Crippen LogP contribution in [0.3, 0.4) is 0 Å². The molecule has 6 heteroatoms. The van der Waals surface area contributed by atoms with E-state index in [4.69, 9.17) is 4.74 Å². The normalized spacial score (nSPS) is 21.6. The molecule has 2 fully saturated rings. The zero-order chi connectivity index (χ0) is 21.8. The number of benzene rings is 1. The van der Waals surface area contributed by atoms with Crippen molar-refractivity contribution >= 4 is 11.8 Å². The molecule has 1 aliphatic carbocycles. The summed E-state index contributed by atoms with van der Waals surface area (Å²) in [6.45, 7) is 5.10. The molecule has 1 aliphatic heterocycles. The first kappa shape index (κ1) is 21.5. The van der Waals surface area contributed by atoms with Crippen molar-refractivity contribution in [2.75, 3.05) is 19.7 Å². The van der Waals surface area contributed by atoms with Crippen molar-refractivity contribution in [1.82, 2.24) is 15.2 Å². The number of morpholine rings is 1.